The third-order valence-electron chi connectivity index (χ3n) is 4.39. The van der Waals surface area contributed by atoms with Gasteiger partial charge in [0.25, 0.3) is 0 Å². The molecule has 88 valence electrons. The van der Waals surface area contributed by atoms with E-state index in [0.717, 1.165) is 17.8 Å². The van der Waals surface area contributed by atoms with Crippen LogP contribution in [-0.4, -0.2) is 24.5 Å². The van der Waals surface area contributed by atoms with Gasteiger partial charge < -0.3 is 4.90 Å². The normalized spacial score (nSPS) is 34.0. The van der Waals surface area contributed by atoms with E-state index in [1.165, 1.54) is 58.2 Å². The molecule has 1 heteroatoms. The Labute approximate surface area is 95.2 Å². The lowest BCUT2D eigenvalue weighted by molar-refractivity contribution is 0.103. The van der Waals surface area contributed by atoms with Gasteiger partial charge in [0.05, 0.1) is 0 Å². The van der Waals surface area contributed by atoms with Gasteiger partial charge in [0.15, 0.2) is 0 Å². The number of piperidine rings is 1. The zero-order valence-electron chi connectivity index (χ0n) is 10.5. The molecule has 0 aromatic rings. The second kappa shape index (κ2) is 5.34. The van der Waals surface area contributed by atoms with Crippen LogP contribution in [-0.2, 0) is 0 Å². The molecule has 1 saturated carbocycles. The molecule has 0 bridgehead atoms. The number of nitrogens with zero attached hydrogens (tertiary/aromatic N) is 1. The van der Waals surface area contributed by atoms with E-state index in [0.29, 0.717) is 0 Å². The highest BCUT2D eigenvalue weighted by atomic mass is 15.1. The van der Waals surface area contributed by atoms with Crippen molar-refractivity contribution < 1.29 is 0 Å². The summed E-state index contributed by atoms with van der Waals surface area (Å²) in [6.45, 7) is 8.89. The molecule has 0 aromatic carbocycles. The van der Waals surface area contributed by atoms with E-state index in [4.69, 9.17) is 0 Å². The second-order valence-electron chi connectivity index (χ2n) is 5.98. The van der Waals surface area contributed by atoms with Gasteiger partial charge in [-0.05, 0) is 56.5 Å². The first-order chi connectivity index (χ1) is 7.28. The minimum absolute atomic E-state index is 1.02. The lowest BCUT2D eigenvalue weighted by Gasteiger charge is -2.39. The van der Waals surface area contributed by atoms with Crippen LogP contribution in [0.15, 0.2) is 0 Å². The molecular formula is C14H27N. The first-order valence-electron chi connectivity index (χ1n) is 7.00. The average Bonchev–Trinajstić information content (AvgIpc) is 2.19. The summed E-state index contributed by atoms with van der Waals surface area (Å²) in [5.74, 6) is 3.11. The van der Waals surface area contributed by atoms with Crippen molar-refractivity contribution in [1.82, 2.24) is 4.90 Å². The van der Waals surface area contributed by atoms with Crippen LogP contribution in [0.5, 0.6) is 0 Å². The summed E-state index contributed by atoms with van der Waals surface area (Å²) in [5.41, 5.74) is 0. The molecule has 1 aliphatic carbocycles. The van der Waals surface area contributed by atoms with Crippen LogP contribution < -0.4 is 0 Å². The van der Waals surface area contributed by atoms with E-state index in [1.807, 2.05) is 0 Å². The maximum absolute atomic E-state index is 2.72. The Morgan fingerprint density at radius 2 is 1.73 bits per heavy atom. The third-order valence-corrected chi connectivity index (χ3v) is 4.39. The van der Waals surface area contributed by atoms with Crippen molar-refractivity contribution in [3.05, 3.63) is 0 Å². The van der Waals surface area contributed by atoms with E-state index in [9.17, 15) is 0 Å². The number of likely N-dealkylation sites (tertiary alicyclic amines) is 1. The van der Waals surface area contributed by atoms with E-state index in [1.54, 1.807) is 0 Å². The zero-order chi connectivity index (χ0) is 10.7. The lowest BCUT2D eigenvalue weighted by atomic mass is 9.75. The van der Waals surface area contributed by atoms with Crippen LogP contribution in [0, 0.1) is 17.8 Å². The van der Waals surface area contributed by atoms with E-state index >= 15 is 0 Å². The summed E-state index contributed by atoms with van der Waals surface area (Å²) in [5, 5.41) is 0. The fourth-order valence-corrected chi connectivity index (χ4v) is 3.45. The Kier molecular flexibility index (Phi) is 4.07. The van der Waals surface area contributed by atoms with Crippen LogP contribution in [0.3, 0.4) is 0 Å². The van der Waals surface area contributed by atoms with Crippen LogP contribution >= 0.6 is 0 Å². The van der Waals surface area contributed by atoms with Crippen molar-refractivity contribution in [3.63, 3.8) is 0 Å². The first kappa shape index (κ1) is 11.4. The van der Waals surface area contributed by atoms with Crippen molar-refractivity contribution in [2.24, 2.45) is 17.8 Å². The van der Waals surface area contributed by atoms with Crippen molar-refractivity contribution in [1.29, 1.82) is 0 Å². The summed E-state index contributed by atoms with van der Waals surface area (Å²) < 4.78 is 0. The molecule has 1 heterocycles. The van der Waals surface area contributed by atoms with Gasteiger partial charge in [0, 0.05) is 6.54 Å². The van der Waals surface area contributed by atoms with Crippen LogP contribution in [0.4, 0.5) is 0 Å². The van der Waals surface area contributed by atoms with Gasteiger partial charge in [-0.1, -0.05) is 26.7 Å². The third kappa shape index (κ3) is 3.21. The molecule has 0 spiro atoms. The van der Waals surface area contributed by atoms with Gasteiger partial charge in [-0.15, -0.1) is 0 Å². The molecule has 2 rings (SSSR count). The summed E-state index contributed by atoms with van der Waals surface area (Å²) in [7, 11) is 0. The molecule has 1 nitrogen and oxygen atoms in total. The molecule has 0 N–H and O–H groups in total. The van der Waals surface area contributed by atoms with Gasteiger partial charge in [0.1, 0.15) is 0 Å². The van der Waals surface area contributed by atoms with Crippen molar-refractivity contribution in [3.8, 4) is 0 Å². The van der Waals surface area contributed by atoms with Gasteiger partial charge in [-0.3, -0.25) is 0 Å². The first-order valence-corrected chi connectivity index (χ1v) is 7.00. The predicted octanol–water partition coefficient (Wildman–Crippen LogP) is 3.54. The molecular weight excluding hydrogens is 182 g/mol. The fraction of sp³-hybridized carbons (Fsp3) is 1.00. The smallest absolute Gasteiger partial charge is 0.000986 e. The molecule has 0 unspecified atom stereocenters. The highest BCUT2D eigenvalue weighted by Gasteiger charge is 2.28. The number of hydrogen-bond donors (Lipinski definition) is 0. The minimum Gasteiger partial charge on any atom is -0.303 e. The average molecular weight is 209 g/mol. The van der Waals surface area contributed by atoms with Crippen molar-refractivity contribution in [2.75, 3.05) is 19.6 Å². The summed E-state index contributed by atoms with van der Waals surface area (Å²) in [4.78, 5) is 2.72. The van der Waals surface area contributed by atoms with Crippen LogP contribution in [0.1, 0.15) is 52.4 Å². The van der Waals surface area contributed by atoms with Gasteiger partial charge in [0.2, 0.25) is 0 Å². The van der Waals surface area contributed by atoms with Crippen molar-refractivity contribution in [2.45, 2.75) is 52.4 Å². The molecule has 2 aliphatic rings. The fourth-order valence-electron chi connectivity index (χ4n) is 3.45. The summed E-state index contributed by atoms with van der Waals surface area (Å²) >= 11 is 0. The molecule has 1 saturated heterocycles. The maximum atomic E-state index is 2.72. The monoisotopic (exact) mass is 209 g/mol. The largest absolute Gasteiger partial charge is 0.303 e. The van der Waals surface area contributed by atoms with Gasteiger partial charge in [-0.25, -0.2) is 0 Å². The summed E-state index contributed by atoms with van der Waals surface area (Å²) in [6.07, 6.45) is 8.77. The van der Waals surface area contributed by atoms with Crippen LogP contribution in [0.25, 0.3) is 0 Å². The molecule has 0 aromatic heterocycles. The molecule has 0 amide bonds. The summed E-state index contributed by atoms with van der Waals surface area (Å²) in [6, 6.07) is 0. The molecule has 1 aliphatic heterocycles. The predicted molar refractivity (Wildman–Crippen MR) is 66.0 cm³/mol. The standard InChI is InChI=1S/C14H27N/c1-3-4-13-5-7-15(8-6-13)11-14-9-12(2)10-14/h12-14H,3-11H2,1-2H3. The van der Waals surface area contributed by atoms with E-state index in [2.05, 4.69) is 18.7 Å². The Balaban J connectivity index is 1.61. The quantitative estimate of drug-likeness (QED) is 0.684. The highest BCUT2D eigenvalue weighted by Crippen LogP contribution is 2.34. The molecule has 15 heavy (non-hydrogen) atoms. The minimum atomic E-state index is 1.02. The molecule has 2 fully saturated rings. The Bertz CT molecular complexity index is 176. The second-order valence-corrected chi connectivity index (χ2v) is 5.98. The molecule has 0 radical (unpaired) electrons. The Morgan fingerprint density at radius 3 is 2.27 bits per heavy atom. The number of rotatable bonds is 4. The lowest BCUT2D eigenvalue weighted by Crippen LogP contribution is -2.40. The highest BCUT2D eigenvalue weighted by molar-refractivity contribution is 4.81. The Hall–Kier alpha value is -0.0400. The van der Waals surface area contributed by atoms with E-state index < -0.39 is 0 Å². The maximum Gasteiger partial charge on any atom is 0.000986 e. The zero-order valence-corrected chi connectivity index (χ0v) is 10.5. The van der Waals surface area contributed by atoms with Crippen molar-refractivity contribution >= 4 is 0 Å². The van der Waals surface area contributed by atoms with Gasteiger partial charge in [-0.2, -0.15) is 0 Å². The molecule has 0 atom stereocenters. The van der Waals surface area contributed by atoms with Gasteiger partial charge >= 0.3 is 0 Å². The Morgan fingerprint density at radius 1 is 1.07 bits per heavy atom. The topological polar surface area (TPSA) is 3.24 Å². The van der Waals surface area contributed by atoms with Crippen LogP contribution in [0.2, 0.25) is 0 Å². The number of hydrogen-bond acceptors (Lipinski definition) is 1. The SMILES string of the molecule is CCCC1CCN(CC2CC(C)C2)CC1. The van der Waals surface area contributed by atoms with E-state index in [-0.39, 0.29) is 0 Å².